The molecule has 3 rings (SSSR count). The third-order valence-corrected chi connectivity index (χ3v) is 3.88. The SMILES string of the molecule is O=C(COC1CCCc2ccccc21)c1cccc(F)c1. The number of benzene rings is 2. The van der Waals surface area contributed by atoms with E-state index in [4.69, 9.17) is 4.74 Å². The van der Waals surface area contributed by atoms with E-state index >= 15 is 0 Å². The third-order valence-electron chi connectivity index (χ3n) is 3.88. The van der Waals surface area contributed by atoms with Crippen LogP contribution in [0.2, 0.25) is 0 Å². The molecule has 3 heteroatoms. The molecule has 0 heterocycles. The molecule has 1 atom stereocenters. The number of ether oxygens (including phenoxy) is 1. The maximum atomic E-state index is 13.1. The van der Waals surface area contributed by atoms with Crippen LogP contribution in [0.5, 0.6) is 0 Å². The van der Waals surface area contributed by atoms with Gasteiger partial charge in [-0.1, -0.05) is 36.4 Å². The Balaban J connectivity index is 1.67. The molecule has 0 spiro atoms. The molecule has 0 bridgehead atoms. The van der Waals surface area contributed by atoms with Gasteiger partial charge in [0, 0.05) is 5.56 Å². The minimum absolute atomic E-state index is 0.0115. The number of hydrogen-bond donors (Lipinski definition) is 0. The first-order chi connectivity index (χ1) is 10.2. The van der Waals surface area contributed by atoms with E-state index < -0.39 is 5.82 Å². The predicted molar refractivity (Wildman–Crippen MR) is 78.8 cm³/mol. The van der Waals surface area contributed by atoms with Gasteiger partial charge in [-0.3, -0.25) is 4.79 Å². The summed E-state index contributed by atoms with van der Waals surface area (Å²) in [7, 11) is 0. The minimum atomic E-state index is -0.399. The van der Waals surface area contributed by atoms with Crippen molar-refractivity contribution in [1.82, 2.24) is 0 Å². The average molecular weight is 284 g/mol. The van der Waals surface area contributed by atoms with Crippen molar-refractivity contribution in [2.75, 3.05) is 6.61 Å². The molecule has 0 fully saturated rings. The second-order valence-corrected chi connectivity index (χ2v) is 5.32. The van der Waals surface area contributed by atoms with Crippen molar-refractivity contribution < 1.29 is 13.9 Å². The van der Waals surface area contributed by atoms with Gasteiger partial charge in [-0.2, -0.15) is 0 Å². The zero-order chi connectivity index (χ0) is 14.7. The molecular formula is C18H17FO2. The van der Waals surface area contributed by atoms with Crippen LogP contribution in [0.1, 0.15) is 40.4 Å². The Hall–Kier alpha value is -2.00. The largest absolute Gasteiger partial charge is 0.365 e. The monoisotopic (exact) mass is 284 g/mol. The van der Waals surface area contributed by atoms with E-state index in [-0.39, 0.29) is 18.5 Å². The number of carbonyl (C=O) groups is 1. The van der Waals surface area contributed by atoms with Gasteiger partial charge in [0.15, 0.2) is 5.78 Å². The van der Waals surface area contributed by atoms with E-state index in [1.165, 1.54) is 23.3 Å². The molecule has 21 heavy (non-hydrogen) atoms. The summed E-state index contributed by atoms with van der Waals surface area (Å²) >= 11 is 0. The van der Waals surface area contributed by atoms with E-state index in [0.717, 1.165) is 19.3 Å². The number of aryl methyl sites for hydroxylation is 1. The van der Waals surface area contributed by atoms with Crippen molar-refractivity contribution in [3.63, 3.8) is 0 Å². The second kappa shape index (κ2) is 6.19. The van der Waals surface area contributed by atoms with Crippen molar-refractivity contribution >= 4 is 5.78 Å². The first kappa shape index (κ1) is 14.0. The second-order valence-electron chi connectivity index (χ2n) is 5.32. The van der Waals surface area contributed by atoms with Gasteiger partial charge in [-0.25, -0.2) is 4.39 Å². The van der Waals surface area contributed by atoms with Crippen molar-refractivity contribution in [3.8, 4) is 0 Å². The number of Topliss-reactive ketones (excluding diaryl/α,β-unsaturated/α-hetero) is 1. The van der Waals surface area contributed by atoms with Crippen molar-refractivity contribution in [3.05, 3.63) is 71.0 Å². The Labute approximate surface area is 123 Å². The number of hydrogen-bond acceptors (Lipinski definition) is 2. The molecule has 0 radical (unpaired) electrons. The molecule has 0 amide bonds. The lowest BCUT2D eigenvalue weighted by molar-refractivity contribution is 0.0372. The van der Waals surface area contributed by atoms with Gasteiger partial charge in [0.1, 0.15) is 12.4 Å². The predicted octanol–water partition coefficient (Wildman–Crippen LogP) is 4.10. The molecule has 2 aromatic rings. The van der Waals surface area contributed by atoms with Crippen LogP contribution in [0.3, 0.4) is 0 Å². The van der Waals surface area contributed by atoms with Crippen molar-refractivity contribution in [2.24, 2.45) is 0 Å². The molecule has 0 saturated heterocycles. The molecule has 0 saturated carbocycles. The summed E-state index contributed by atoms with van der Waals surface area (Å²) < 4.78 is 18.9. The number of halogens is 1. The molecule has 1 aliphatic carbocycles. The van der Waals surface area contributed by atoms with Gasteiger partial charge in [0.25, 0.3) is 0 Å². The fraction of sp³-hybridized carbons (Fsp3) is 0.278. The number of fused-ring (bicyclic) bond motifs is 1. The first-order valence-electron chi connectivity index (χ1n) is 7.22. The smallest absolute Gasteiger partial charge is 0.188 e. The minimum Gasteiger partial charge on any atom is -0.365 e. The molecule has 2 nitrogen and oxygen atoms in total. The fourth-order valence-corrected chi connectivity index (χ4v) is 2.80. The lowest BCUT2D eigenvalue weighted by atomic mass is 9.89. The molecular weight excluding hydrogens is 267 g/mol. The Bertz CT molecular complexity index is 651. The molecule has 1 unspecified atom stereocenters. The Morgan fingerprint density at radius 1 is 1.19 bits per heavy atom. The number of carbonyl (C=O) groups excluding carboxylic acids is 1. The van der Waals surface area contributed by atoms with E-state index in [0.29, 0.717) is 5.56 Å². The van der Waals surface area contributed by atoms with E-state index in [9.17, 15) is 9.18 Å². The summed E-state index contributed by atoms with van der Waals surface area (Å²) in [5.41, 5.74) is 2.84. The summed E-state index contributed by atoms with van der Waals surface area (Å²) in [5, 5.41) is 0. The topological polar surface area (TPSA) is 26.3 Å². The lowest BCUT2D eigenvalue weighted by Gasteiger charge is -2.25. The maximum Gasteiger partial charge on any atom is 0.188 e. The van der Waals surface area contributed by atoms with E-state index in [1.807, 2.05) is 12.1 Å². The highest BCUT2D eigenvalue weighted by atomic mass is 19.1. The molecule has 0 N–H and O–H groups in total. The normalized spacial score (nSPS) is 17.3. The first-order valence-corrected chi connectivity index (χ1v) is 7.22. The van der Waals surface area contributed by atoms with Gasteiger partial charge < -0.3 is 4.74 Å². The number of ketones is 1. The third kappa shape index (κ3) is 3.19. The highest BCUT2D eigenvalue weighted by Crippen LogP contribution is 2.32. The average Bonchev–Trinajstić information content (AvgIpc) is 2.52. The fourth-order valence-electron chi connectivity index (χ4n) is 2.80. The van der Waals surface area contributed by atoms with Gasteiger partial charge in [0.2, 0.25) is 0 Å². The Kier molecular flexibility index (Phi) is 4.11. The van der Waals surface area contributed by atoms with Gasteiger partial charge in [-0.15, -0.1) is 0 Å². The maximum absolute atomic E-state index is 13.1. The summed E-state index contributed by atoms with van der Waals surface area (Å²) in [5.74, 6) is -0.582. The summed E-state index contributed by atoms with van der Waals surface area (Å²) in [4.78, 5) is 12.1. The zero-order valence-corrected chi connectivity index (χ0v) is 11.7. The summed E-state index contributed by atoms with van der Waals surface area (Å²) in [6, 6.07) is 13.9. The Morgan fingerprint density at radius 3 is 2.90 bits per heavy atom. The van der Waals surface area contributed by atoms with Gasteiger partial charge >= 0.3 is 0 Å². The molecule has 108 valence electrons. The van der Waals surface area contributed by atoms with Crippen LogP contribution >= 0.6 is 0 Å². The molecule has 2 aromatic carbocycles. The summed E-state index contributed by atoms with van der Waals surface area (Å²) in [6.07, 6.45) is 3.02. The van der Waals surface area contributed by atoms with Gasteiger partial charge in [-0.05, 0) is 42.5 Å². The van der Waals surface area contributed by atoms with Crippen LogP contribution < -0.4 is 0 Å². The highest BCUT2D eigenvalue weighted by molar-refractivity contribution is 5.97. The quantitative estimate of drug-likeness (QED) is 0.790. The zero-order valence-electron chi connectivity index (χ0n) is 11.7. The highest BCUT2D eigenvalue weighted by Gasteiger charge is 2.21. The van der Waals surface area contributed by atoms with Crippen LogP contribution in [0, 0.1) is 5.82 Å². The number of rotatable bonds is 4. The van der Waals surface area contributed by atoms with E-state index in [2.05, 4.69) is 12.1 Å². The van der Waals surface area contributed by atoms with Crippen LogP contribution in [-0.2, 0) is 11.2 Å². The van der Waals surface area contributed by atoms with Crippen LogP contribution in [0.4, 0.5) is 4.39 Å². The molecule has 1 aliphatic rings. The standard InChI is InChI=1S/C18H17FO2/c19-15-8-3-7-14(11-15)17(20)12-21-18-10-4-6-13-5-1-2-9-16(13)18/h1-3,5,7-9,11,18H,4,6,10,12H2. The van der Waals surface area contributed by atoms with Gasteiger partial charge in [0.05, 0.1) is 6.10 Å². The molecule has 0 aromatic heterocycles. The van der Waals surface area contributed by atoms with Crippen molar-refractivity contribution in [2.45, 2.75) is 25.4 Å². The molecule has 0 aliphatic heterocycles. The summed E-state index contributed by atoms with van der Waals surface area (Å²) in [6.45, 7) is -0.0115. The Morgan fingerprint density at radius 2 is 2.05 bits per heavy atom. The lowest BCUT2D eigenvalue weighted by Crippen LogP contribution is -2.17. The van der Waals surface area contributed by atoms with Crippen LogP contribution in [0.25, 0.3) is 0 Å². The van der Waals surface area contributed by atoms with Crippen LogP contribution in [-0.4, -0.2) is 12.4 Å². The van der Waals surface area contributed by atoms with E-state index in [1.54, 1.807) is 12.1 Å². The van der Waals surface area contributed by atoms with Crippen LogP contribution in [0.15, 0.2) is 48.5 Å². The van der Waals surface area contributed by atoms with Crippen molar-refractivity contribution in [1.29, 1.82) is 0 Å².